The van der Waals surface area contributed by atoms with Gasteiger partial charge in [-0.05, 0) is 23.1 Å². The molecule has 1 unspecified atom stereocenters. The van der Waals surface area contributed by atoms with Crippen LogP contribution >= 0.6 is 0 Å². The minimum absolute atomic E-state index is 0.539. The summed E-state index contributed by atoms with van der Waals surface area (Å²) in [5.74, 6) is -0.553. The molecule has 108 valence electrons. The second-order valence-electron chi connectivity index (χ2n) is 4.64. The number of nitrogens with zero attached hydrogens (tertiary/aromatic N) is 1. The molecule has 0 fully saturated rings. The third-order valence-electron chi connectivity index (χ3n) is 3.14. The predicted molar refractivity (Wildman–Crippen MR) is 83.0 cm³/mol. The third kappa shape index (κ3) is 4.26. The third-order valence-corrected chi connectivity index (χ3v) is 3.14. The number of nitrogens with one attached hydrogen (secondary N) is 1. The van der Waals surface area contributed by atoms with Gasteiger partial charge in [0, 0.05) is 0 Å². The van der Waals surface area contributed by atoms with Crippen molar-refractivity contribution in [3.63, 3.8) is 0 Å². The first-order valence-electron chi connectivity index (χ1n) is 6.85. The Kier molecular flexibility index (Phi) is 5.23. The number of hydrazone groups is 1. The molecule has 2 aromatic rings. The van der Waals surface area contributed by atoms with Gasteiger partial charge in [0.15, 0.2) is 6.10 Å². The molecule has 21 heavy (non-hydrogen) atoms. The molecule has 1 amide bonds. The summed E-state index contributed by atoms with van der Waals surface area (Å²) in [5.41, 5.74) is 5.01. The van der Waals surface area contributed by atoms with Crippen LogP contribution < -0.4 is 5.43 Å². The minimum atomic E-state index is -1.22. The maximum Gasteiger partial charge on any atom is 0.273 e. The van der Waals surface area contributed by atoms with Gasteiger partial charge in [-0.3, -0.25) is 4.79 Å². The van der Waals surface area contributed by atoms with Gasteiger partial charge in [-0.15, -0.1) is 0 Å². The van der Waals surface area contributed by atoms with Gasteiger partial charge < -0.3 is 5.11 Å². The molecule has 2 aromatic carbocycles. The quantitative estimate of drug-likeness (QED) is 0.653. The van der Waals surface area contributed by atoms with Crippen LogP contribution in [0.3, 0.4) is 0 Å². The van der Waals surface area contributed by atoms with Gasteiger partial charge in [0.25, 0.3) is 5.91 Å². The topological polar surface area (TPSA) is 61.7 Å². The first kappa shape index (κ1) is 14.9. The standard InChI is InChI=1S/C17H18N2O2/c1-2-13-8-10-14(11-9-13)12-18-19-17(21)16(20)15-6-4-3-5-7-15/h3-12,16,20H,2H2,1H3,(H,19,21)/b18-12+. The van der Waals surface area contributed by atoms with Crippen LogP contribution in [0.1, 0.15) is 29.7 Å². The van der Waals surface area contributed by atoms with E-state index in [9.17, 15) is 9.90 Å². The van der Waals surface area contributed by atoms with Crippen molar-refractivity contribution in [1.82, 2.24) is 5.43 Å². The summed E-state index contributed by atoms with van der Waals surface area (Å²) in [6.45, 7) is 2.09. The monoisotopic (exact) mass is 282 g/mol. The highest BCUT2D eigenvalue weighted by atomic mass is 16.3. The number of aryl methyl sites for hydroxylation is 1. The van der Waals surface area contributed by atoms with E-state index in [0.29, 0.717) is 5.56 Å². The van der Waals surface area contributed by atoms with E-state index in [4.69, 9.17) is 0 Å². The molecule has 0 bridgehead atoms. The van der Waals surface area contributed by atoms with Gasteiger partial charge >= 0.3 is 0 Å². The maximum absolute atomic E-state index is 11.8. The molecule has 0 spiro atoms. The summed E-state index contributed by atoms with van der Waals surface area (Å²) in [6.07, 6.45) is 1.32. The molecular formula is C17H18N2O2. The molecule has 2 N–H and O–H groups in total. The Bertz CT molecular complexity index is 606. The summed E-state index contributed by atoms with van der Waals surface area (Å²) < 4.78 is 0. The number of hydrogen-bond acceptors (Lipinski definition) is 3. The zero-order valence-corrected chi connectivity index (χ0v) is 11.9. The van der Waals surface area contributed by atoms with Crippen molar-refractivity contribution < 1.29 is 9.90 Å². The van der Waals surface area contributed by atoms with Crippen molar-refractivity contribution in [2.45, 2.75) is 19.4 Å². The number of rotatable bonds is 5. The molecule has 0 radical (unpaired) electrons. The SMILES string of the molecule is CCc1ccc(/C=N/NC(=O)C(O)c2ccccc2)cc1. The van der Waals surface area contributed by atoms with E-state index >= 15 is 0 Å². The van der Waals surface area contributed by atoms with E-state index in [2.05, 4.69) is 17.5 Å². The second-order valence-corrected chi connectivity index (χ2v) is 4.64. The zero-order chi connectivity index (χ0) is 15.1. The number of amides is 1. The highest BCUT2D eigenvalue weighted by Gasteiger charge is 2.15. The first-order chi connectivity index (χ1) is 10.2. The Hall–Kier alpha value is -2.46. The predicted octanol–water partition coefficient (Wildman–Crippen LogP) is 2.43. The summed E-state index contributed by atoms with van der Waals surface area (Å²) >= 11 is 0. The van der Waals surface area contributed by atoms with Crippen molar-refractivity contribution in [2.75, 3.05) is 0 Å². The van der Waals surface area contributed by atoms with Crippen molar-refractivity contribution in [1.29, 1.82) is 0 Å². The Morgan fingerprint density at radius 3 is 2.48 bits per heavy atom. The zero-order valence-electron chi connectivity index (χ0n) is 11.9. The van der Waals surface area contributed by atoms with Crippen molar-refractivity contribution in [3.8, 4) is 0 Å². The number of aliphatic hydroxyl groups excluding tert-OH is 1. The molecule has 0 aliphatic rings. The molecule has 0 heterocycles. The fourth-order valence-corrected chi connectivity index (χ4v) is 1.86. The van der Waals surface area contributed by atoms with Gasteiger partial charge in [0.2, 0.25) is 0 Å². The summed E-state index contributed by atoms with van der Waals surface area (Å²) in [7, 11) is 0. The molecule has 1 atom stereocenters. The van der Waals surface area contributed by atoms with Crippen LogP contribution in [0, 0.1) is 0 Å². The molecule has 2 rings (SSSR count). The van der Waals surface area contributed by atoms with Crippen molar-refractivity contribution in [2.24, 2.45) is 5.10 Å². The fourth-order valence-electron chi connectivity index (χ4n) is 1.86. The van der Waals surface area contributed by atoms with Crippen LogP contribution in [0.25, 0.3) is 0 Å². The Morgan fingerprint density at radius 2 is 1.86 bits per heavy atom. The maximum atomic E-state index is 11.8. The second kappa shape index (κ2) is 7.36. The normalized spacial score (nSPS) is 12.3. The van der Waals surface area contributed by atoms with Gasteiger partial charge in [-0.1, -0.05) is 61.5 Å². The number of hydrogen-bond donors (Lipinski definition) is 2. The highest BCUT2D eigenvalue weighted by Crippen LogP contribution is 2.11. The Balaban J connectivity index is 1.92. The van der Waals surface area contributed by atoms with E-state index in [1.165, 1.54) is 5.56 Å². The van der Waals surface area contributed by atoms with E-state index in [1.54, 1.807) is 30.5 Å². The molecule has 0 aromatic heterocycles. The highest BCUT2D eigenvalue weighted by molar-refractivity contribution is 5.84. The first-order valence-corrected chi connectivity index (χ1v) is 6.85. The van der Waals surface area contributed by atoms with Crippen molar-refractivity contribution >= 4 is 12.1 Å². The van der Waals surface area contributed by atoms with Crippen LogP contribution in [-0.4, -0.2) is 17.2 Å². The summed E-state index contributed by atoms with van der Waals surface area (Å²) in [5, 5.41) is 13.7. The average molecular weight is 282 g/mol. The van der Waals surface area contributed by atoms with Gasteiger partial charge in [0.05, 0.1) is 6.21 Å². The lowest BCUT2D eigenvalue weighted by atomic mass is 10.1. The molecule has 0 saturated heterocycles. The Morgan fingerprint density at radius 1 is 1.19 bits per heavy atom. The Labute approximate surface area is 124 Å². The lowest BCUT2D eigenvalue weighted by Crippen LogP contribution is -2.25. The van der Waals surface area contributed by atoms with Crippen molar-refractivity contribution in [3.05, 3.63) is 71.3 Å². The number of carbonyl (C=O) groups excluding carboxylic acids is 1. The summed E-state index contributed by atoms with van der Waals surface area (Å²) in [6, 6.07) is 16.6. The van der Waals surface area contributed by atoms with Crippen LogP contribution in [0.2, 0.25) is 0 Å². The molecule has 4 nitrogen and oxygen atoms in total. The lowest BCUT2D eigenvalue weighted by Gasteiger charge is -2.08. The number of carbonyl (C=O) groups is 1. The van der Waals surface area contributed by atoms with E-state index in [0.717, 1.165) is 12.0 Å². The van der Waals surface area contributed by atoms with E-state index < -0.39 is 12.0 Å². The molecule has 0 saturated carbocycles. The van der Waals surface area contributed by atoms with Crippen LogP contribution in [-0.2, 0) is 11.2 Å². The van der Waals surface area contributed by atoms with Crippen LogP contribution in [0.15, 0.2) is 59.7 Å². The van der Waals surface area contributed by atoms with Crippen LogP contribution in [0.4, 0.5) is 0 Å². The summed E-state index contributed by atoms with van der Waals surface area (Å²) in [4.78, 5) is 11.8. The molecule has 0 aliphatic carbocycles. The largest absolute Gasteiger partial charge is 0.378 e. The lowest BCUT2D eigenvalue weighted by molar-refractivity contribution is -0.129. The molecule has 0 aliphatic heterocycles. The van der Waals surface area contributed by atoms with E-state index in [-0.39, 0.29) is 0 Å². The fraction of sp³-hybridized carbons (Fsp3) is 0.176. The minimum Gasteiger partial charge on any atom is -0.378 e. The number of benzene rings is 2. The van der Waals surface area contributed by atoms with Gasteiger partial charge in [-0.25, -0.2) is 5.43 Å². The van der Waals surface area contributed by atoms with Crippen LogP contribution in [0.5, 0.6) is 0 Å². The average Bonchev–Trinajstić information content (AvgIpc) is 2.55. The smallest absolute Gasteiger partial charge is 0.273 e. The van der Waals surface area contributed by atoms with Gasteiger partial charge in [-0.2, -0.15) is 5.10 Å². The van der Waals surface area contributed by atoms with E-state index in [1.807, 2.05) is 30.3 Å². The number of aliphatic hydroxyl groups is 1. The van der Waals surface area contributed by atoms with Gasteiger partial charge in [0.1, 0.15) is 0 Å². The molecular weight excluding hydrogens is 264 g/mol. The molecule has 4 heteroatoms.